The number of hydrogen-bond donors (Lipinski definition) is 1. The molecule has 162 valence electrons. The SMILES string of the molecule is CCOC(=O)c1c(-c2ccc(OCC)cc2)csc1NC(=O)Cn1cccc(C)c1=O. The average molecular weight is 441 g/mol. The normalized spacial score (nSPS) is 10.5. The fraction of sp³-hybridized carbons (Fsp3) is 0.261. The van der Waals surface area contributed by atoms with Gasteiger partial charge in [-0.15, -0.1) is 11.3 Å². The van der Waals surface area contributed by atoms with Crippen LogP contribution >= 0.6 is 11.3 Å². The Bertz CT molecular complexity index is 1130. The van der Waals surface area contributed by atoms with Crippen molar-refractivity contribution >= 4 is 28.2 Å². The summed E-state index contributed by atoms with van der Waals surface area (Å²) in [6.07, 6.45) is 1.56. The molecule has 0 fully saturated rings. The maximum atomic E-state index is 12.7. The van der Waals surface area contributed by atoms with Crippen LogP contribution in [0.25, 0.3) is 11.1 Å². The molecule has 31 heavy (non-hydrogen) atoms. The largest absolute Gasteiger partial charge is 0.494 e. The van der Waals surface area contributed by atoms with Crippen molar-refractivity contribution in [2.75, 3.05) is 18.5 Å². The van der Waals surface area contributed by atoms with Gasteiger partial charge < -0.3 is 19.4 Å². The fourth-order valence-electron chi connectivity index (χ4n) is 3.07. The van der Waals surface area contributed by atoms with Crippen molar-refractivity contribution in [3.05, 3.63) is 69.5 Å². The molecule has 0 aliphatic carbocycles. The van der Waals surface area contributed by atoms with Gasteiger partial charge in [-0.3, -0.25) is 9.59 Å². The van der Waals surface area contributed by atoms with Gasteiger partial charge in [0, 0.05) is 22.7 Å². The molecule has 7 nitrogen and oxygen atoms in total. The highest BCUT2D eigenvalue weighted by molar-refractivity contribution is 7.15. The van der Waals surface area contributed by atoms with Gasteiger partial charge in [-0.25, -0.2) is 4.79 Å². The molecule has 0 atom stereocenters. The topological polar surface area (TPSA) is 86.6 Å². The number of esters is 1. The number of amides is 1. The number of carbonyl (C=O) groups is 2. The molecule has 0 unspecified atom stereocenters. The zero-order valence-corrected chi connectivity index (χ0v) is 18.5. The van der Waals surface area contributed by atoms with Crippen LogP contribution in [0.1, 0.15) is 29.8 Å². The Labute approximate surface area is 184 Å². The smallest absolute Gasteiger partial charge is 0.341 e. The highest BCUT2D eigenvalue weighted by Crippen LogP contribution is 2.36. The van der Waals surface area contributed by atoms with Crippen molar-refractivity contribution in [3.63, 3.8) is 0 Å². The quantitative estimate of drug-likeness (QED) is 0.533. The fourth-order valence-corrected chi connectivity index (χ4v) is 4.04. The van der Waals surface area contributed by atoms with Crippen LogP contribution in [-0.2, 0) is 16.1 Å². The van der Waals surface area contributed by atoms with Gasteiger partial charge in [-0.2, -0.15) is 0 Å². The molecule has 3 rings (SSSR count). The van der Waals surface area contributed by atoms with Crippen molar-refractivity contribution in [1.82, 2.24) is 4.57 Å². The average Bonchev–Trinajstić information content (AvgIpc) is 3.16. The summed E-state index contributed by atoms with van der Waals surface area (Å²) in [5.74, 6) is -0.190. The monoisotopic (exact) mass is 440 g/mol. The van der Waals surface area contributed by atoms with Crippen LogP contribution in [0.4, 0.5) is 5.00 Å². The number of benzene rings is 1. The van der Waals surface area contributed by atoms with Crippen molar-refractivity contribution in [2.24, 2.45) is 0 Å². The number of nitrogens with zero attached hydrogens (tertiary/aromatic N) is 1. The molecule has 0 aliphatic heterocycles. The number of thiophene rings is 1. The number of carbonyl (C=O) groups excluding carboxylic acids is 2. The van der Waals surface area contributed by atoms with Crippen LogP contribution in [0.15, 0.2) is 52.8 Å². The van der Waals surface area contributed by atoms with E-state index in [-0.39, 0.29) is 18.7 Å². The van der Waals surface area contributed by atoms with E-state index in [1.807, 2.05) is 31.2 Å². The van der Waals surface area contributed by atoms with E-state index in [4.69, 9.17) is 9.47 Å². The zero-order valence-electron chi connectivity index (χ0n) is 17.6. The van der Waals surface area contributed by atoms with Gasteiger partial charge >= 0.3 is 5.97 Å². The first-order valence-electron chi connectivity index (χ1n) is 9.92. The van der Waals surface area contributed by atoms with E-state index in [0.29, 0.717) is 28.3 Å². The molecule has 2 aromatic heterocycles. The van der Waals surface area contributed by atoms with E-state index in [9.17, 15) is 14.4 Å². The highest BCUT2D eigenvalue weighted by Gasteiger charge is 2.23. The minimum Gasteiger partial charge on any atom is -0.494 e. The Hall–Kier alpha value is -3.39. The van der Waals surface area contributed by atoms with Crippen molar-refractivity contribution in [2.45, 2.75) is 27.3 Å². The summed E-state index contributed by atoms with van der Waals surface area (Å²) in [4.78, 5) is 37.5. The van der Waals surface area contributed by atoms with E-state index >= 15 is 0 Å². The lowest BCUT2D eigenvalue weighted by atomic mass is 10.0. The molecule has 0 saturated carbocycles. The van der Waals surface area contributed by atoms with Crippen LogP contribution in [0.5, 0.6) is 5.75 Å². The predicted molar refractivity (Wildman–Crippen MR) is 121 cm³/mol. The Balaban J connectivity index is 1.89. The summed E-state index contributed by atoms with van der Waals surface area (Å²) in [5, 5.41) is 4.95. The van der Waals surface area contributed by atoms with Gasteiger partial charge in [0.2, 0.25) is 5.91 Å². The second-order valence-electron chi connectivity index (χ2n) is 6.70. The summed E-state index contributed by atoms with van der Waals surface area (Å²) in [6.45, 7) is 5.95. The summed E-state index contributed by atoms with van der Waals surface area (Å²) < 4.78 is 12.0. The van der Waals surface area contributed by atoms with Gasteiger partial charge in [-0.05, 0) is 44.5 Å². The molecular weight excluding hydrogens is 416 g/mol. The van der Waals surface area contributed by atoms with Gasteiger partial charge in [-0.1, -0.05) is 18.2 Å². The molecule has 0 saturated heterocycles. The van der Waals surface area contributed by atoms with Crippen LogP contribution in [0, 0.1) is 6.92 Å². The Morgan fingerprint density at radius 1 is 1.10 bits per heavy atom. The third kappa shape index (κ3) is 5.21. The number of nitrogens with one attached hydrogen (secondary N) is 1. The molecule has 0 bridgehead atoms. The molecule has 3 aromatic rings. The zero-order chi connectivity index (χ0) is 22.4. The van der Waals surface area contributed by atoms with E-state index in [0.717, 1.165) is 11.3 Å². The predicted octanol–water partition coefficient (Wildman–Crippen LogP) is 4.10. The minimum absolute atomic E-state index is 0.154. The second kappa shape index (κ2) is 10.1. The number of aryl methyl sites for hydroxylation is 1. The maximum absolute atomic E-state index is 12.7. The summed E-state index contributed by atoms with van der Waals surface area (Å²) >= 11 is 1.23. The van der Waals surface area contributed by atoms with E-state index in [1.54, 1.807) is 37.6 Å². The number of rotatable bonds is 8. The second-order valence-corrected chi connectivity index (χ2v) is 7.58. The van der Waals surface area contributed by atoms with E-state index < -0.39 is 11.9 Å². The van der Waals surface area contributed by atoms with Crippen LogP contribution < -0.4 is 15.6 Å². The molecule has 1 amide bonds. The van der Waals surface area contributed by atoms with Gasteiger partial charge in [0.1, 0.15) is 22.9 Å². The first-order chi connectivity index (χ1) is 14.9. The lowest BCUT2D eigenvalue weighted by molar-refractivity contribution is -0.116. The van der Waals surface area contributed by atoms with Crippen LogP contribution in [0.2, 0.25) is 0 Å². The standard InChI is InChI=1S/C23H24N2O5S/c1-4-29-17-10-8-16(9-11-17)18-14-31-21(20(18)23(28)30-5-2)24-19(26)13-25-12-6-7-15(3)22(25)27/h6-12,14H,4-5,13H2,1-3H3,(H,24,26). The number of anilines is 1. The number of hydrogen-bond acceptors (Lipinski definition) is 6. The molecular formula is C23H24N2O5S. The first kappa shape index (κ1) is 22.3. The van der Waals surface area contributed by atoms with Crippen molar-refractivity contribution in [3.8, 4) is 16.9 Å². The lowest BCUT2D eigenvalue weighted by Gasteiger charge is -2.10. The highest BCUT2D eigenvalue weighted by atomic mass is 32.1. The molecule has 2 heterocycles. The van der Waals surface area contributed by atoms with E-state index in [2.05, 4.69) is 5.32 Å². The molecule has 0 radical (unpaired) electrons. The molecule has 0 spiro atoms. The van der Waals surface area contributed by atoms with Crippen LogP contribution in [-0.4, -0.2) is 29.7 Å². The van der Waals surface area contributed by atoms with Crippen molar-refractivity contribution < 1.29 is 19.1 Å². The Morgan fingerprint density at radius 3 is 2.52 bits per heavy atom. The lowest BCUT2D eigenvalue weighted by Crippen LogP contribution is -2.28. The summed E-state index contributed by atoms with van der Waals surface area (Å²) in [7, 11) is 0. The number of ether oxygens (including phenoxy) is 2. The van der Waals surface area contributed by atoms with Crippen LogP contribution in [0.3, 0.4) is 0 Å². The molecule has 1 N–H and O–H groups in total. The third-order valence-electron chi connectivity index (χ3n) is 4.52. The van der Waals surface area contributed by atoms with Gasteiger partial charge in [0.25, 0.3) is 5.56 Å². The number of pyridine rings is 1. The Morgan fingerprint density at radius 2 is 1.84 bits per heavy atom. The first-order valence-corrected chi connectivity index (χ1v) is 10.8. The van der Waals surface area contributed by atoms with E-state index in [1.165, 1.54) is 15.9 Å². The number of aromatic nitrogens is 1. The van der Waals surface area contributed by atoms with Gasteiger partial charge in [0.15, 0.2) is 0 Å². The Kier molecular flexibility index (Phi) is 7.25. The minimum atomic E-state index is -0.518. The third-order valence-corrected chi connectivity index (χ3v) is 5.42. The van der Waals surface area contributed by atoms with Gasteiger partial charge in [0.05, 0.1) is 13.2 Å². The maximum Gasteiger partial charge on any atom is 0.341 e. The summed E-state index contributed by atoms with van der Waals surface area (Å²) in [5.41, 5.74) is 2.08. The molecule has 0 aliphatic rings. The molecule has 8 heteroatoms. The van der Waals surface area contributed by atoms with Crippen molar-refractivity contribution in [1.29, 1.82) is 0 Å². The summed E-state index contributed by atoms with van der Waals surface area (Å²) in [6, 6.07) is 10.8. The molecule has 1 aromatic carbocycles.